The van der Waals surface area contributed by atoms with Gasteiger partial charge in [0, 0.05) is 20.6 Å². The molecule has 0 bridgehead atoms. The van der Waals surface area contributed by atoms with Crippen molar-refractivity contribution in [3.05, 3.63) is 71.3 Å². The summed E-state index contributed by atoms with van der Waals surface area (Å²) < 4.78 is 0. The van der Waals surface area contributed by atoms with Crippen molar-refractivity contribution in [1.82, 2.24) is 0 Å². The number of unbranched alkanes of at least 4 members (excludes halogenated alkanes) is 3. The van der Waals surface area contributed by atoms with E-state index >= 15 is 0 Å². The molecule has 0 aliphatic heterocycles. The minimum absolute atomic E-state index is 0.0161. The lowest BCUT2D eigenvalue weighted by atomic mass is 10.1. The highest BCUT2D eigenvalue weighted by Crippen LogP contribution is 2.10. The van der Waals surface area contributed by atoms with Crippen LogP contribution in [0.4, 0.5) is 0 Å². The predicted octanol–water partition coefficient (Wildman–Crippen LogP) is 4.75. The standard InChI is InChI=1S/C21H26Si/c1-2-3-4-10-17-22-18-21-14-9-8-13-20(21)16-15-19-11-6-5-7-12-19/h5-9,11-14H,2-4,10,17-18,22H2,1H3. The molecule has 0 aliphatic rings. The smallest absolute Gasteiger partial charge is 0.0277 e. The molecule has 0 amide bonds. The third-order valence-corrected chi connectivity index (χ3v) is 5.82. The number of rotatable bonds is 7. The van der Waals surface area contributed by atoms with Crippen LogP contribution in [0.2, 0.25) is 6.04 Å². The minimum Gasteiger partial charge on any atom is -0.0654 e. The van der Waals surface area contributed by atoms with Crippen LogP contribution in [0.25, 0.3) is 0 Å². The Morgan fingerprint density at radius 3 is 2.41 bits per heavy atom. The highest BCUT2D eigenvalue weighted by atomic mass is 28.2. The number of hydrogen-bond acceptors (Lipinski definition) is 0. The van der Waals surface area contributed by atoms with E-state index in [9.17, 15) is 0 Å². The molecule has 0 aromatic heterocycles. The lowest BCUT2D eigenvalue weighted by Crippen LogP contribution is -1.99. The Hall–Kier alpha value is -1.78. The molecule has 0 nitrogen and oxygen atoms in total. The normalized spacial score (nSPS) is 10.6. The molecular formula is C21H26Si. The molecule has 114 valence electrons. The topological polar surface area (TPSA) is 0 Å². The van der Waals surface area contributed by atoms with Gasteiger partial charge in [-0.2, -0.15) is 0 Å². The quantitative estimate of drug-likeness (QED) is 0.393. The molecule has 0 atom stereocenters. The molecule has 0 unspecified atom stereocenters. The number of benzene rings is 2. The third-order valence-electron chi connectivity index (χ3n) is 3.93. The highest BCUT2D eigenvalue weighted by Gasteiger charge is 1.99. The SMILES string of the molecule is CCCCCC[SiH2]Cc1ccccc1C#Cc1ccccc1. The predicted molar refractivity (Wildman–Crippen MR) is 100 cm³/mol. The van der Waals surface area contributed by atoms with Crippen molar-refractivity contribution in [2.75, 3.05) is 0 Å². The Kier molecular flexibility index (Phi) is 7.56. The fraction of sp³-hybridized carbons (Fsp3) is 0.333. The molecule has 0 fully saturated rings. The second kappa shape index (κ2) is 10.0. The molecule has 0 aliphatic carbocycles. The molecule has 0 radical (unpaired) electrons. The summed E-state index contributed by atoms with van der Waals surface area (Å²) in [6, 6.07) is 21.7. The number of hydrogen-bond donors (Lipinski definition) is 0. The summed E-state index contributed by atoms with van der Waals surface area (Å²) in [6.07, 6.45) is 5.57. The second-order valence-corrected chi connectivity index (χ2v) is 7.71. The summed E-state index contributed by atoms with van der Waals surface area (Å²) in [4.78, 5) is 0. The summed E-state index contributed by atoms with van der Waals surface area (Å²) in [7, 11) is 0.0161. The molecule has 2 rings (SSSR count). The summed E-state index contributed by atoms with van der Waals surface area (Å²) in [5.41, 5.74) is 3.76. The third kappa shape index (κ3) is 5.91. The zero-order valence-electron chi connectivity index (χ0n) is 13.6. The van der Waals surface area contributed by atoms with Gasteiger partial charge in [-0.05, 0) is 29.8 Å². The van der Waals surface area contributed by atoms with E-state index in [-0.39, 0.29) is 9.52 Å². The van der Waals surface area contributed by atoms with Gasteiger partial charge in [0.25, 0.3) is 0 Å². The monoisotopic (exact) mass is 306 g/mol. The van der Waals surface area contributed by atoms with Gasteiger partial charge in [-0.15, -0.1) is 0 Å². The zero-order chi connectivity index (χ0) is 15.5. The lowest BCUT2D eigenvalue weighted by molar-refractivity contribution is 0.700. The lowest BCUT2D eigenvalue weighted by Gasteiger charge is -2.04. The van der Waals surface area contributed by atoms with E-state index in [1.54, 1.807) is 0 Å². The first-order chi connectivity index (χ1) is 10.9. The molecule has 0 N–H and O–H groups in total. The van der Waals surface area contributed by atoms with Gasteiger partial charge in [-0.3, -0.25) is 0 Å². The van der Waals surface area contributed by atoms with Gasteiger partial charge in [0.05, 0.1) is 0 Å². The van der Waals surface area contributed by atoms with Crippen LogP contribution < -0.4 is 0 Å². The molecular weight excluding hydrogens is 280 g/mol. The summed E-state index contributed by atoms with van der Waals surface area (Å²) in [6.45, 7) is 2.28. The van der Waals surface area contributed by atoms with Crippen LogP contribution in [0.3, 0.4) is 0 Å². The highest BCUT2D eigenvalue weighted by molar-refractivity contribution is 6.34. The minimum atomic E-state index is 0.0161. The van der Waals surface area contributed by atoms with E-state index in [1.807, 2.05) is 18.2 Å². The van der Waals surface area contributed by atoms with Crippen LogP contribution >= 0.6 is 0 Å². The first-order valence-electron chi connectivity index (χ1n) is 8.55. The van der Waals surface area contributed by atoms with Crippen LogP contribution in [-0.4, -0.2) is 9.52 Å². The molecule has 22 heavy (non-hydrogen) atoms. The first-order valence-corrected chi connectivity index (χ1v) is 10.5. The van der Waals surface area contributed by atoms with Crippen LogP contribution in [0.1, 0.15) is 49.3 Å². The maximum Gasteiger partial charge on any atom is 0.0277 e. The van der Waals surface area contributed by atoms with Gasteiger partial charge in [0.15, 0.2) is 0 Å². The van der Waals surface area contributed by atoms with Gasteiger partial charge >= 0.3 is 0 Å². The van der Waals surface area contributed by atoms with E-state index in [4.69, 9.17) is 0 Å². The Labute approximate surface area is 137 Å². The van der Waals surface area contributed by atoms with Crippen molar-refractivity contribution in [3.63, 3.8) is 0 Å². The van der Waals surface area contributed by atoms with E-state index in [1.165, 1.54) is 48.9 Å². The van der Waals surface area contributed by atoms with Gasteiger partial charge in [-0.25, -0.2) is 0 Å². The fourth-order valence-corrected chi connectivity index (χ4v) is 4.39. The van der Waals surface area contributed by atoms with Crippen LogP contribution in [0.5, 0.6) is 0 Å². The van der Waals surface area contributed by atoms with Gasteiger partial charge in [0.1, 0.15) is 0 Å². The van der Waals surface area contributed by atoms with Crippen molar-refractivity contribution in [2.24, 2.45) is 0 Å². The molecule has 0 saturated heterocycles. The van der Waals surface area contributed by atoms with Crippen LogP contribution in [0, 0.1) is 11.8 Å². The molecule has 0 heterocycles. The average molecular weight is 307 g/mol. The summed E-state index contributed by atoms with van der Waals surface area (Å²) >= 11 is 0. The van der Waals surface area contributed by atoms with Crippen molar-refractivity contribution in [1.29, 1.82) is 0 Å². The van der Waals surface area contributed by atoms with E-state index in [0.717, 1.165) is 5.56 Å². The average Bonchev–Trinajstić information content (AvgIpc) is 2.58. The molecule has 2 aromatic carbocycles. The van der Waals surface area contributed by atoms with Crippen molar-refractivity contribution in [2.45, 2.75) is 44.7 Å². The van der Waals surface area contributed by atoms with Gasteiger partial charge in [-0.1, -0.05) is 86.9 Å². The van der Waals surface area contributed by atoms with E-state index in [0.29, 0.717) is 0 Å². The Bertz CT molecular complexity index is 605. The van der Waals surface area contributed by atoms with Crippen molar-refractivity contribution >= 4 is 9.52 Å². The van der Waals surface area contributed by atoms with Gasteiger partial charge in [0.2, 0.25) is 0 Å². The molecule has 2 aromatic rings. The molecule has 0 saturated carbocycles. The Morgan fingerprint density at radius 2 is 1.59 bits per heavy atom. The van der Waals surface area contributed by atoms with Gasteiger partial charge < -0.3 is 0 Å². The van der Waals surface area contributed by atoms with Crippen molar-refractivity contribution < 1.29 is 0 Å². The Morgan fingerprint density at radius 1 is 0.818 bits per heavy atom. The van der Waals surface area contributed by atoms with Crippen LogP contribution in [0.15, 0.2) is 54.6 Å². The first kappa shape index (κ1) is 16.6. The maximum atomic E-state index is 3.36. The summed E-state index contributed by atoms with van der Waals surface area (Å²) in [5, 5.41) is 0. The zero-order valence-corrected chi connectivity index (χ0v) is 15.1. The maximum absolute atomic E-state index is 3.36. The molecule has 0 spiro atoms. The van der Waals surface area contributed by atoms with Crippen molar-refractivity contribution in [3.8, 4) is 11.8 Å². The Balaban J connectivity index is 1.91. The fourth-order valence-electron chi connectivity index (χ4n) is 2.62. The molecule has 1 heteroatoms. The van der Waals surface area contributed by atoms with E-state index < -0.39 is 0 Å². The van der Waals surface area contributed by atoms with E-state index in [2.05, 4.69) is 55.2 Å². The van der Waals surface area contributed by atoms with Crippen LogP contribution in [-0.2, 0) is 6.04 Å². The summed E-state index contributed by atoms with van der Waals surface area (Å²) in [5.74, 6) is 6.65. The second-order valence-electron chi connectivity index (χ2n) is 5.79. The largest absolute Gasteiger partial charge is 0.0654 e.